The lowest BCUT2D eigenvalue weighted by molar-refractivity contribution is -0.122. The molecule has 0 aliphatic carbocycles. The maximum absolute atomic E-state index is 12.1. The summed E-state index contributed by atoms with van der Waals surface area (Å²) < 4.78 is 0. The van der Waals surface area contributed by atoms with Gasteiger partial charge in [0, 0.05) is 31.6 Å². The Morgan fingerprint density at radius 3 is 2.55 bits per heavy atom. The van der Waals surface area contributed by atoms with Crippen molar-refractivity contribution in [2.45, 2.75) is 58.9 Å². The van der Waals surface area contributed by atoms with Crippen LogP contribution in [-0.2, 0) is 4.79 Å². The van der Waals surface area contributed by atoms with Gasteiger partial charge in [-0.1, -0.05) is 13.8 Å². The summed E-state index contributed by atoms with van der Waals surface area (Å²) in [5.41, 5.74) is 0.0491. The number of rotatable bonds is 6. The third kappa shape index (κ3) is 5.24. The van der Waals surface area contributed by atoms with Crippen LogP contribution in [0.3, 0.4) is 0 Å². The summed E-state index contributed by atoms with van der Waals surface area (Å²) in [5.74, 6) is 2.43. The van der Waals surface area contributed by atoms with Gasteiger partial charge < -0.3 is 10.6 Å². The Bertz CT molecular complexity index is 353. The van der Waals surface area contributed by atoms with Crippen LogP contribution in [0, 0.1) is 17.8 Å². The summed E-state index contributed by atoms with van der Waals surface area (Å²) >= 11 is 0. The molecule has 0 aromatic rings. The topological polar surface area (TPSA) is 44.4 Å². The van der Waals surface area contributed by atoms with Crippen molar-refractivity contribution in [3.8, 4) is 0 Å². The molecule has 0 spiro atoms. The van der Waals surface area contributed by atoms with Gasteiger partial charge in [-0.25, -0.2) is 0 Å². The number of amides is 1. The second-order valence-electron chi connectivity index (χ2n) is 8.34. The smallest absolute Gasteiger partial charge is 0.220 e. The second-order valence-corrected chi connectivity index (χ2v) is 8.34. The number of likely N-dealkylation sites (tertiary alicyclic amines) is 1. The summed E-state index contributed by atoms with van der Waals surface area (Å²) in [4.78, 5) is 14.7. The van der Waals surface area contributed by atoms with E-state index >= 15 is 0 Å². The molecule has 2 rings (SSSR count). The highest BCUT2D eigenvalue weighted by Crippen LogP contribution is 2.26. The number of carbonyl (C=O) groups excluding carboxylic acids is 1. The Labute approximate surface area is 136 Å². The molecule has 3 atom stereocenters. The Morgan fingerprint density at radius 2 is 1.95 bits per heavy atom. The van der Waals surface area contributed by atoms with Gasteiger partial charge in [0.25, 0.3) is 0 Å². The average Bonchev–Trinajstić information content (AvgIpc) is 2.95. The number of piperidine rings is 1. The molecule has 4 heteroatoms. The predicted octanol–water partition coefficient (Wildman–Crippen LogP) is 2.25. The first-order chi connectivity index (χ1) is 10.4. The normalized spacial score (nSPS) is 30.5. The number of hydrogen-bond acceptors (Lipinski definition) is 3. The van der Waals surface area contributed by atoms with Crippen LogP contribution in [0.15, 0.2) is 0 Å². The minimum Gasteiger partial charge on any atom is -0.354 e. The Hall–Kier alpha value is -0.610. The highest BCUT2D eigenvalue weighted by Gasteiger charge is 2.32. The van der Waals surface area contributed by atoms with E-state index in [1.54, 1.807) is 0 Å². The van der Waals surface area contributed by atoms with Crippen molar-refractivity contribution in [3.63, 3.8) is 0 Å². The van der Waals surface area contributed by atoms with Gasteiger partial charge in [0.05, 0.1) is 0 Å². The predicted molar refractivity (Wildman–Crippen MR) is 91.8 cm³/mol. The van der Waals surface area contributed by atoms with E-state index < -0.39 is 0 Å². The summed E-state index contributed by atoms with van der Waals surface area (Å²) in [6.07, 6.45) is 4.25. The molecule has 128 valence electrons. The van der Waals surface area contributed by atoms with Crippen molar-refractivity contribution in [2.24, 2.45) is 17.8 Å². The van der Waals surface area contributed by atoms with E-state index in [1.165, 1.54) is 12.8 Å². The van der Waals surface area contributed by atoms with E-state index in [4.69, 9.17) is 0 Å². The highest BCUT2D eigenvalue weighted by molar-refractivity contribution is 5.75. The molecule has 0 radical (unpaired) electrons. The first-order valence-corrected chi connectivity index (χ1v) is 9.09. The molecule has 2 fully saturated rings. The third-order valence-corrected chi connectivity index (χ3v) is 5.39. The van der Waals surface area contributed by atoms with Crippen LogP contribution in [-0.4, -0.2) is 49.1 Å². The molecule has 0 saturated carbocycles. The fraction of sp³-hybridized carbons (Fsp3) is 0.944. The fourth-order valence-corrected chi connectivity index (χ4v) is 3.97. The van der Waals surface area contributed by atoms with Gasteiger partial charge in [0.2, 0.25) is 5.91 Å². The van der Waals surface area contributed by atoms with E-state index in [9.17, 15) is 4.79 Å². The van der Waals surface area contributed by atoms with E-state index in [2.05, 4.69) is 43.2 Å². The maximum atomic E-state index is 12.1. The van der Waals surface area contributed by atoms with E-state index in [0.717, 1.165) is 51.0 Å². The minimum atomic E-state index is 0.0491. The Kier molecular flexibility index (Phi) is 6.27. The van der Waals surface area contributed by atoms with Gasteiger partial charge in [0.1, 0.15) is 0 Å². The van der Waals surface area contributed by atoms with Gasteiger partial charge >= 0.3 is 0 Å². The molecule has 2 saturated heterocycles. The molecule has 0 aromatic carbocycles. The Morgan fingerprint density at radius 1 is 1.27 bits per heavy atom. The van der Waals surface area contributed by atoms with Crippen molar-refractivity contribution in [1.29, 1.82) is 0 Å². The van der Waals surface area contributed by atoms with Crippen LogP contribution in [0.5, 0.6) is 0 Å². The average molecular weight is 309 g/mol. The summed E-state index contributed by atoms with van der Waals surface area (Å²) in [6.45, 7) is 14.5. The van der Waals surface area contributed by atoms with E-state index in [1.807, 2.05) is 0 Å². The largest absolute Gasteiger partial charge is 0.354 e. The van der Waals surface area contributed by atoms with Crippen molar-refractivity contribution >= 4 is 5.91 Å². The van der Waals surface area contributed by atoms with Crippen molar-refractivity contribution < 1.29 is 4.79 Å². The zero-order valence-electron chi connectivity index (χ0n) is 15.0. The van der Waals surface area contributed by atoms with Crippen LogP contribution < -0.4 is 10.6 Å². The van der Waals surface area contributed by atoms with Crippen molar-refractivity contribution in [2.75, 3.05) is 32.7 Å². The number of carbonyl (C=O) groups is 1. The van der Waals surface area contributed by atoms with Gasteiger partial charge in [-0.2, -0.15) is 0 Å². The van der Waals surface area contributed by atoms with Crippen molar-refractivity contribution in [1.82, 2.24) is 15.5 Å². The molecule has 2 aliphatic rings. The summed E-state index contributed by atoms with van der Waals surface area (Å²) in [6, 6.07) is 0. The number of hydrogen-bond donors (Lipinski definition) is 2. The second kappa shape index (κ2) is 7.78. The summed E-state index contributed by atoms with van der Waals surface area (Å²) in [5, 5.41) is 6.54. The first kappa shape index (κ1) is 17.7. The standard InChI is InChI=1S/C18H35N3O/c1-14-9-15(2)12-21(11-14)18(3,4)13-20-17(22)6-5-16-7-8-19-10-16/h14-16,19H,5-13H2,1-4H3,(H,20,22). The van der Waals surface area contributed by atoms with E-state index in [0.29, 0.717) is 12.3 Å². The highest BCUT2D eigenvalue weighted by atomic mass is 16.1. The van der Waals surface area contributed by atoms with Gasteiger partial charge in [0.15, 0.2) is 0 Å². The monoisotopic (exact) mass is 309 g/mol. The molecular formula is C18H35N3O. The SMILES string of the molecule is CC1CC(C)CN(C(C)(C)CNC(=O)CCC2CCNC2)C1. The Balaban J connectivity index is 1.72. The maximum Gasteiger partial charge on any atom is 0.220 e. The lowest BCUT2D eigenvalue weighted by Crippen LogP contribution is -2.56. The number of nitrogens with one attached hydrogen (secondary N) is 2. The lowest BCUT2D eigenvalue weighted by atomic mass is 9.88. The van der Waals surface area contributed by atoms with Crippen LogP contribution in [0.2, 0.25) is 0 Å². The molecule has 0 bridgehead atoms. The van der Waals surface area contributed by atoms with Gasteiger partial charge in [-0.3, -0.25) is 9.69 Å². The number of nitrogens with zero attached hydrogens (tertiary/aromatic N) is 1. The third-order valence-electron chi connectivity index (χ3n) is 5.39. The first-order valence-electron chi connectivity index (χ1n) is 9.09. The molecule has 3 unspecified atom stereocenters. The van der Waals surface area contributed by atoms with Gasteiger partial charge in [-0.15, -0.1) is 0 Å². The molecule has 22 heavy (non-hydrogen) atoms. The van der Waals surface area contributed by atoms with Crippen LogP contribution in [0.25, 0.3) is 0 Å². The molecule has 1 amide bonds. The van der Waals surface area contributed by atoms with Crippen molar-refractivity contribution in [3.05, 3.63) is 0 Å². The minimum absolute atomic E-state index is 0.0491. The van der Waals surface area contributed by atoms with Gasteiger partial charge in [-0.05, 0) is 64.0 Å². The fourth-order valence-electron chi connectivity index (χ4n) is 3.97. The molecule has 4 nitrogen and oxygen atoms in total. The van der Waals surface area contributed by atoms with Crippen LogP contribution in [0.1, 0.15) is 53.4 Å². The summed E-state index contributed by atoms with van der Waals surface area (Å²) in [7, 11) is 0. The molecule has 2 aliphatic heterocycles. The zero-order chi connectivity index (χ0) is 16.2. The molecule has 2 N–H and O–H groups in total. The quantitative estimate of drug-likeness (QED) is 0.791. The molecular weight excluding hydrogens is 274 g/mol. The van der Waals surface area contributed by atoms with E-state index in [-0.39, 0.29) is 11.4 Å². The zero-order valence-corrected chi connectivity index (χ0v) is 15.0. The molecule has 2 heterocycles. The molecule has 0 aromatic heterocycles. The van der Waals surface area contributed by atoms with Crippen LogP contribution in [0.4, 0.5) is 0 Å². The van der Waals surface area contributed by atoms with Crippen LogP contribution >= 0.6 is 0 Å². The lowest BCUT2D eigenvalue weighted by Gasteiger charge is -2.45.